The van der Waals surface area contributed by atoms with Crippen LogP contribution in [0.1, 0.15) is 5.56 Å². The number of anilines is 2. The summed E-state index contributed by atoms with van der Waals surface area (Å²) >= 11 is 6.01. The molecular weight excluding hydrogens is 379 g/mol. The number of hydrogen-bond donors (Lipinski definition) is 1. The van der Waals surface area contributed by atoms with Crippen molar-refractivity contribution in [2.24, 2.45) is 0 Å². The van der Waals surface area contributed by atoms with Gasteiger partial charge in [0.05, 0.1) is 12.1 Å². The van der Waals surface area contributed by atoms with Gasteiger partial charge in [0.15, 0.2) is 0 Å². The molecule has 1 heterocycles. The molecule has 0 unspecified atom stereocenters. The fourth-order valence-corrected chi connectivity index (χ4v) is 3.17. The van der Waals surface area contributed by atoms with Crippen molar-refractivity contribution in [2.75, 3.05) is 42.9 Å². The van der Waals surface area contributed by atoms with E-state index in [1.54, 1.807) is 4.90 Å². The fraction of sp³-hybridized carbons (Fsp3) is 0.316. The van der Waals surface area contributed by atoms with Crippen molar-refractivity contribution in [3.05, 3.63) is 59.1 Å². The lowest BCUT2D eigenvalue weighted by Crippen LogP contribution is -2.50. The third-order valence-corrected chi connectivity index (χ3v) is 4.67. The minimum Gasteiger partial charge on any atom is -0.376 e. The maximum Gasteiger partial charge on any atom is 0.416 e. The van der Waals surface area contributed by atoms with E-state index < -0.39 is 11.7 Å². The Morgan fingerprint density at radius 3 is 2.41 bits per heavy atom. The molecule has 1 amide bonds. The number of carbonyl (C=O) groups is 1. The number of alkyl halides is 3. The van der Waals surface area contributed by atoms with E-state index in [0.717, 1.165) is 17.8 Å². The molecule has 4 nitrogen and oxygen atoms in total. The first-order valence-corrected chi connectivity index (χ1v) is 8.90. The van der Waals surface area contributed by atoms with Crippen LogP contribution in [0.5, 0.6) is 0 Å². The first-order valence-electron chi connectivity index (χ1n) is 8.52. The first-order chi connectivity index (χ1) is 12.8. The summed E-state index contributed by atoms with van der Waals surface area (Å²) in [5.41, 5.74) is 0.544. The third kappa shape index (κ3) is 5.07. The van der Waals surface area contributed by atoms with Crippen molar-refractivity contribution in [3.63, 3.8) is 0 Å². The summed E-state index contributed by atoms with van der Waals surface area (Å²) < 4.78 is 38.2. The van der Waals surface area contributed by atoms with Crippen LogP contribution in [-0.2, 0) is 11.0 Å². The highest BCUT2D eigenvalue weighted by Crippen LogP contribution is 2.30. The zero-order valence-electron chi connectivity index (χ0n) is 14.5. The van der Waals surface area contributed by atoms with Gasteiger partial charge in [-0.25, -0.2) is 0 Å². The lowest BCUT2D eigenvalue weighted by molar-refractivity contribution is -0.137. The van der Waals surface area contributed by atoms with E-state index in [0.29, 0.717) is 31.2 Å². The van der Waals surface area contributed by atoms with Crippen LogP contribution in [0, 0.1) is 0 Å². The second-order valence-corrected chi connectivity index (χ2v) is 6.72. The highest BCUT2D eigenvalue weighted by Gasteiger charge is 2.30. The Labute approximate surface area is 160 Å². The van der Waals surface area contributed by atoms with E-state index in [1.807, 2.05) is 24.3 Å². The van der Waals surface area contributed by atoms with Crippen LogP contribution in [0.3, 0.4) is 0 Å². The van der Waals surface area contributed by atoms with Crippen LogP contribution in [0.2, 0.25) is 5.02 Å². The maximum atomic E-state index is 12.7. The van der Waals surface area contributed by atoms with Gasteiger partial charge in [-0.15, -0.1) is 0 Å². The molecule has 0 bridgehead atoms. The van der Waals surface area contributed by atoms with E-state index >= 15 is 0 Å². The van der Waals surface area contributed by atoms with Gasteiger partial charge in [0, 0.05) is 42.6 Å². The molecule has 2 aromatic carbocycles. The molecule has 2 aromatic rings. The van der Waals surface area contributed by atoms with Gasteiger partial charge in [-0.05, 0) is 36.4 Å². The van der Waals surface area contributed by atoms with Crippen molar-refractivity contribution in [3.8, 4) is 0 Å². The standard InChI is InChI=1S/C19H19ClF3N3O/c20-15-4-2-6-17(12-15)25-7-9-26(10-8-25)18(27)13-24-16-5-1-3-14(11-16)19(21,22)23/h1-6,11-12,24H,7-10,13H2. The Morgan fingerprint density at radius 2 is 1.74 bits per heavy atom. The number of rotatable bonds is 4. The zero-order chi connectivity index (χ0) is 19.4. The number of benzene rings is 2. The molecule has 8 heteroatoms. The molecule has 1 fully saturated rings. The highest BCUT2D eigenvalue weighted by molar-refractivity contribution is 6.30. The van der Waals surface area contributed by atoms with E-state index in [4.69, 9.17) is 11.6 Å². The quantitative estimate of drug-likeness (QED) is 0.843. The number of nitrogens with zero attached hydrogens (tertiary/aromatic N) is 2. The molecule has 144 valence electrons. The van der Waals surface area contributed by atoms with Crippen LogP contribution >= 0.6 is 11.6 Å². The smallest absolute Gasteiger partial charge is 0.376 e. The average molecular weight is 398 g/mol. The largest absolute Gasteiger partial charge is 0.416 e. The van der Waals surface area contributed by atoms with Gasteiger partial charge >= 0.3 is 6.18 Å². The Morgan fingerprint density at radius 1 is 1.04 bits per heavy atom. The van der Waals surface area contributed by atoms with Gasteiger partial charge in [0.2, 0.25) is 5.91 Å². The molecule has 0 atom stereocenters. The number of carbonyl (C=O) groups excluding carboxylic acids is 1. The summed E-state index contributed by atoms with van der Waals surface area (Å²) in [7, 11) is 0. The van der Waals surface area contributed by atoms with Crippen molar-refractivity contribution in [1.82, 2.24) is 4.90 Å². The van der Waals surface area contributed by atoms with Crippen molar-refractivity contribution < 1.29 is 18.0 Å². The monoisotopic (exact) mass is 397 g/mol. The Kier molecular flexibility index (Phi) is 5.79. The van der Waals surface area contributed by atoms with Gasteiger partial charge < -0.3 is 15.1 Å². The van der Waals surface area contributed by atoms with Gasteiger partial charge in [-0.2, -0.15) is 13.2 Å². The van der Waals surface area contributed by atoms with Crippen molar-refractivity contribution in [1.29, 1.82) is 0 Å². The summed E-state index contributed by atoms with van der Waals surface area (Å²) in [6.45, 7) is 2.41. The van der Waals surface area contributed by atoms with Gasteiger partial charge in [0.1, 0.15) is 0 Å². The van der Waals surface area contributed by atoms with Crippen LogP contribution in [0.25, 0.3) is 0 Å². The summed E-state index contributed by atoms with van der Waals surface area (Å²) in [4.78, 5) is 16.2. The van der Waals surface area contributed by atoms with Crippen molar-refractivity contribution in [2.45, 2.75) is 6.18 Å². The molecule has 3 rings (SSSR count). The topological polar surface area (TPSA) is 35.6 Å². The minimum atomic E-state index is -4.40. The average Bonchev–Trinajstić information content (AvgIpc) is 2.66. The molecule has 27 heavy (non-hydrogen) atoms. The second-order valence-electron chi connectivity index (χ2n) is 6.28. The molecule has 0 saturated carbocycles. The predicted molar refractivity (Wildman–Crippen MR) is 100 cm³/mol. The molecule has 0 aromatic heterocycles. The Bertz CT molecular complexity index is 805. The predicted octanol–water partition coefficient (Wildman–Crippen LogP) is 4.12. The molecule has 0 aliphatic carbocycles. The molecule has 1 aliphatic rings. The molecule has 1 aliphatic heterocycles. The van der Waals surface area contributed by atoms with Gasteiger partial charge in [-0.1, -0.05) is 23.7 Å². The lowest BCUT2D eigenvalue weighted by atomic mass is 10.2. The number of halogens is 4. The maximum absolute atomic E-state index is 12.7. The fourth-order valence-electron chi connectivity index (χ4n) is 2.98. The number of piperazine rings is 1. The van der Waals surface area contributed by atoms with E-state index in [-0.39, 0.29) is 18.1 Å². The van der Waals surface area contributed by atoms with Crippen LogP contribution in [0.15, 0.2) is 48.5 Å². The van der Waals surface area contributed by atoms with E-state index in [9.17, 15) is 18.0 Å². The molecular formula is C19H19ClF3N3O. The van der Waals surface area contributed by atoms with Crippen LogP contribution in [-0.4, -0.2) is 43.5 Å². The molecule has 1 saturated heterocycles. The Balaban J connectivity index is 1.51. The molecule has 0 radical (unpaired) electrons. The SMILES string of the molecule is O=C(CNc1cccc(C(F)(F)F)c1)N1CCN(c2cccc(Cl)c2)CC1. The lowest BCUT2D eigenvalue weighted by Gasteiger charge is -2.36. The molecule has 1 N–H and O–H groups in total. The second kappa shape index (κ2) is 8.08. The van der Waals surface area contributed by atoms with Crippen LogP contribution in [0.4, 0.5) is 24.5 Å². The van der Waals surface area contributed by atoms with E-state index in [2.05, 4.69) is 10.2 Å². The van der Waals surface area contributed by atoms with Gasteiger partial charge in [-0.3, -0.25) is 4.79 Å². The number of nitrogens with one attached hydrogen (secondary N) is 1. The summed E-state index contributed by atoms with van der Waals surface area (Å²) in [6, 6.07) is 12.4. The first kappa shape index (κ1) is 19.4. The number of hydrogen-bond acceptors (Lipinski definition) is 3. The van der Waals surface area contributed by atoms with Crippen molar-refractivity contribution >= 4 is 28.9 Å². The van der Waals surface area contributed by atoms with Crippen LogP contribution < -0.4 is 10.2 Å². The molecule has 0 spiro atoms. The summed E-state index contributed by atoms with van der Waals surface area (Å²) in [5, 5.41) is 3.45. The Hall–Kier alpha value is -2.41. The van der Waals surface area contributed by atoms with Gasteiger partial charge in [0.25, 0.3) is 0 Å². The minimum absolute atomic E-state index is 0.0432. The number of amides is 1. The van der Waals surface area contributed by atoms with E-state index in [1.165, 1.54) is 12.1 Å². The highest BCUT2D eigenvalue weighted by atomic mass is 35.5. The third-order valence-electron chi connectivity index (χ3n) is 4.44. The normalized spacial score (nSPS) is 15.0. The zero-order valence-corrected chi connectivity index (χ0v) is 15.2. The summed E-state index contributed by atoms with van der Waals surface area (Å²) in [5.74, 6) is -0.141. The summed E-state index contributed by atoms with van der Waals surface area (Å²) in [6.07, 6.45) is -4.40.